The Morgan fingerprint density at radius 3 is 2.21 bits per heavy atom. The minimum absolute atomic E-state index is 0.0306. The molecule has 0 heterocycles. The Balaban J connectivity index is 2.31. The molecule has 2 N–H and O–H groups in total. The van der Waals surface area contributed by atoms with Gasteiger partial charge >= 0.3 is 0 Å². The highest BCUT2D eigenvalue weighted by molar-refractivity contribution is 6.10. The lowest BCUT2D eigenvalue weighted by Crippen LogP contribution is -2.00. The second-order valence-electron chi connectivity index (χ2n) is 4.85. The van der Waals surface area contributed by atoms with Crippen molar-refractivity contribution in [2.45, 2.75) is 0 Å². The van der Waals surface area contributed by atoms with Crippen molar-refractivity contribution in [3.8, 4) is 28.7 Å². The van der Waals surface area contributed by atoms with Crippen LogP contribution in [0.2, 0.25) is 0 Å². The number of benzene rings is 2. The van der Waals surface area contributed by atoms with Crippen LogP contribution >= 0.6 is 0 Å². The van der Waals surface area contributed by atoms with Crippen LogP contribution in [-0.2, 0) is 0 Å². The van der Waals surface area contributed by atoms with E-state index in [0.717, 1.165) is 0 Å². The van der Waals surface area contributed by atoms with Gasteiger partial charge in [-0.25, -0.2) is 0 Å². The molecule has 2 aromatic rings. The highest BCUT2D eigenvalue weighted by atomic mass is 16.5. The van der Waals surface area contributed by atoms with E-state index >= 15 is 0 Å². The van der Waals surface area contributed by atoms with Crippen LogP contribution in [0.5, 0.6) is 28.7 Å². The Morgan fingerprint density at radius 2 is 1.62 bits per heavy atom. The molecule has 2 aromatic carbocycles. The second kappa shape index (κ2) is 7.41. The van der Waals surface area contributed by atoms with E-state index in [0.29, 0.717) is 17.1 Å². The maximum Gasteiger partial charge on any atom is 0.193 e. The number of phenols is 2. The van der Waals surface area contributed by atoms with Crippen molar-refractivity contribution >= 4 is 11.9 Å². The first-order chi connectivity index (χ1) is 11.5. The van der Waals surface area contributed by atoms with Gasteiger partial charge in [0.05, 0.1) is 21.3 Å². The van der Waals surface area contributed by atoms with E-state index in [1.54, 1.807) is 12.1 Å². The molecule has 0 aliphatic heterocycles. The molecule has 0 fully saturated rings. The summed E-state index contributed by atoms with van der Waals surface area (Å²) in [7, 11) is 4.30. The van der Waals surface area contributed by atoms with Crippen LogP contribution in [0.25, 0.3) is 6.08 Å². The van der Waals surface area contributed by atoms with Crippen LogP contribution in [0.4, 0.5) is 0 Å². The van der Waals surface area contributed by atoms with Gasteiger partial charge in [0.15, 0.2) is 17.3 Å². The lowest BCUT2D eigenvalue weighted by molar-refractivity contribution is 0.104. The molecular weight excluding hydrogens is 312 g/mol. The Kier molecular flexibility index (Phi) is 5.31. The maximum atomic E-state index is 12.4. The van der Waals surface area contributed by atoms with Gasteiger partial charge in [0.1, 0.15) is 22.8 Å². The van der Waals surface area contributed by atoms with E-state index in [1.807, 2.05) is 0 Å². The molecule has 24 heavy (non-hydrogen) atoms. The molecule has 0 radical (unpaired) electrons. The molecule has 0 spiro atoms. The SMILES string of the molecule is COc1cc(O)c(C(=O)/C=C\c2ccc(OC)c(O)c2)c(OC)c1. The maximum absolute atomic E-state index is 12.4. The molecule has 0 saturated carbocycles. The highest BCUT2D eigenvalue weighted by Gasteiger charge is 2.17. The molecule has 0 aliphatic rings. The summed E-state index contributed by atoms with van der Waals surface area (Å²) in [6.45, 7) is 0. The molecule has 0 atom stereocenters. The first-order valence-electron chi connectivity index (χ1n) is 7.04. The van der Waals surface area contributed by atoms with Gasteiger partial charge in [-0.2, -0.15) is 0 Å². The molecule has 6 nitrogen and oxygen atoms in total. The van der Waals surface area contributed by atoms with Crippen molar-refractivity contribution in [2.75, 3.05) is 21.3 Å². The lowest BCUT2D eigenvalue weighted by Gasteiger charge is -2.10. The Labute approximate surface area is 139 Å². The number of ether oxygens (including phenoxy) is 3. The zero-order valence-electron chi connectivity index (χ0n) is 13.6. The fourth-order valence-corrected chi connectivity index (χ4v) is 2.17. The van der Waals surface area contributed by atoms with E-state index < -0.39 is 5.78 Å². The molecule has 0 saturated heterocycles. The van der Waals surface area contributed by atoms with Gasteiger partial charge in [0, 0.05) is 12.1 Å². The number of allylic oxidation sites excluding steroid dienone is 1. The van der Waals surface area contributed by atoms with Crippen LogP contribution < -0.4 is 14.2 Å². The van der Waals surface area contributed by atoms with E-state index in [1.165, 1.54) is 51.7 Å². The molecule has 0 bridgehead atoms. The number of phenolic OH excluding ortho intramolecular Hbond substituents is 2. The average Bonchev–Trinajstić information content (AvgIpc) is 2.58. The first-order valence-corrected chi connectivity index (χ1v) is 7.04. The van der Waals surface area contributed by atoms with Crippen LogP contribution in [0.15, 0.2) is 36.4 Å². The second-order valence-corrected chi connectivity index (χ2v) is 4.85. The average molecular weight is 330 g/mol. The molecule has 2 rings (SSSR count). The smallest absolute Gasteiger partial charge is 0.193 e. The molecule has 0 amide bonds. The molecular formula is C18H18O6. The zero-order chi connectivity index (χ0) is 17.7. The van der Waals surface area contributed by atoms with Gasteiger partial charge < -0.3 is 24.4 Å². The fraction of sp³-hybridized carbons (Fsp3) is 0.167. The van der Waals surface area contributed by atoms with Crippen molar-refractivity contribution in [3.63, 3.8) is 0 Å². The van der Waals surface area contributed by atoms with Crippen molar-refractivity contribution in [1.29, 1.82) is 0 Å². The van der Waals surface area contributed by atoms with Gasteiger partial charge in [0.2, 0.25) is 0 Å². The number of rotatable bonds is 6. The van der Waals surface area contributed by atoms with Crippen LogP contribution in [0.1, 0.15) is 15.9 Å². The molecule has 126 valence electrons. The van der Waals surface area contributed by atoms with Gasteiger partial charge in [-0.3, -0.25) is 4.79 Å². The summed E-state index contributed by atoms with van der Waals surface area (Å²) in [5, 5.41) is 19.8. The summed E-state index contributed by atoms with van der Waals surface area (Å²) in [6.07, 6.45) is 2.80. The molecule has 0 unspecified atom stereocenters. The number of aromatic hydroxyl groups is 2. The third-order valence-corrected chi connectivity index (χ3v) is 3.39. The van der Waals surface area contributed by atoms with Crippen molar-refractivity contribution in [1.82, 2.24) is 0 Å². The van der Waals surface area contributed by atoms with Gasteiger partial charge in [-0.1, -0.05) is 12.1 Å². The van der Waals surface area contributed by atoms with Crippen molar-refractivity contribution in [3.05, 3.63) is 47.5 Å². The number of hydrogen-bond donors (Lipinski definition) is 2. The van der Waals surface area contributed by atoms with E-state index in [-0.39, 0.29) is 22.8 Å². The van der Waals surface area contributed by atoms with Crippen molar-refractivity contribution in [2.24, 2.45) is 0 Å². The largest absolute Gasteiger partial charge is 0.507 e. The third-order valence-electron chi connectivity index (χ3n) is 3.39. The summed E-state index contributed by atoms with van der Waals surface area (Å²) in [4.78, 5) is 12.4. The standard InChI is InChI=1S/C18H18O6/c1-22-12-9-15(21)18(17(10-12)24-3)13(19)6-4-11-5-7-16(23-2)14(20)8-11/h4-10,20-21H,1-3H3/b6-4-. The van der Waals surface area contributed by atoms with Crippen molar-refractivity contribution < 1.29 is 29.2 Å². The number of methoxy groups -OCH3 is 3. The number of hydrogen-bond acceptors (Lipinski definition) is 6. The highest BCUT2D eigenvalue weighted by Crippen LogP contribution is 2.34. The van der Waals surface area contributed by atoms with Gasteiger partial charge in [-0.05, 0) is 23.8 Å². The normalized spacial score (nSPS) is 10.6. The molecule has 0 aliphatic carbocycles. The Bertz CT molecular complexity index is 779. The minimum Gasteiger partial charge on any atom is -0.507 e. The Morgan fingerprint density at radius 1 is 0.917 bits per heavy atom. The minimum atomic E-state index is -0.442. The predicted octanol–water partition coefficient (Wildman–Crippen LogP) is 3.02. The fourth-order valence-electron chi connectivity index (χ4n) is 2.17. The van der Waals surface area contributed by atoms with E-state index in [9.17, 15) is 15.0 Å². The summed E-state index contributed by atoms with van der Waals surface area (Å²) >= 11 is 0. The summed E-state index contributed by atoms with van der Waals surface area (Å²) < 4.78 is 15.1. The Hall–Kier alpha value is -3.15. The molecule has 6 heteroatoms. The summed E-state index contributed by atoms with van der Waals surface area (Å²) in [5.41, 5.74) is 0.640. The van der Waals surface area contributed by atoms with E-state index in [4.69, 9.17) is 14.2 Å². The first kappa shape index (κ1) is 17.2. The zero-order valence-corrected chi connectivity index (χ0v) is 13.6. The van der Waals surface area contributed by atoms with E-state index in [2.05, 4.69) is 0 Å². The summed E-state index contributed by atoms with van der Waals surface area (Å²) in [6, 6.07) is 7.59. The monoisotopic (exact) mass is 330 g/mol. The lowest BCUT2D eigenvalue weighted by atomic mass is 10.1. The number of ketones is 1. The number of carbonyl (C=O) groups excluding carboxylic acids is 1. The predicted molar refractivity (Wildman–Crippen MR) is 89.2 cm³/mol. The van der Waals surface area contributed by atoms with Gasteiger partial charge in [0.25, 0.3) is 0 Å². The third kappa shape index (κ3) is 3.60. The topological polar surface area (TPSA) is 85.2 Å². The number of carbonyl (C=O) groups is 1. The molecule has 0 aromatic heterocycles. The van der Waals surface area contributed by atoms with Crippen LogP contribution in [-0.4, -0.2) is 37.3 Å². The quantitative estimate of drug-likeness (QED) is 0.625. The summed E-state index contributed by atoms with van der Waals surface area (Å²) in [5.74, 6) is 0.217. The van der Waals surface area contributed by atoms with Crippen LogP contribution in [0.3, 0.4) is 0 Å². The van der Waals surface area contributed by atoms with Crippen LogP contribution in [0, 0.1) is 0 Å². The van der Waals surface area contributed by atoms with Gasteiger partial charge in [-0.15, -0.1) is 0 Å².